The van der Waals surface area contributed by atoms with Gasteiger partial charge in [-0.15, -0.1) is 0 Å². The summed E-state index contributed by atoms with van der Waals surface area (Å²) in [4.78, 5) is 60.2. The van der Waals surface area contributed by atoms with E-state index in [2.05, 4.69) is 15.2 Å². The number of amides is 1. The molecule has 1 amide bonds. The van der Waals surface area contributed by atoms with Crippen molar-refractivity contribution >= 4 is 34.3 Å². The molecule has 30 heavy (non-hydrogen) atoms. The number of aromatic nitrogens is 2. The maximum absolute atomic E-state index is 12.4. The fourth-order valence-electron chi connectivity index (χ4n) is 2.75. The first-order valence-corrected chi connectivity index (χ1v) is 8.75. The minimum atomic E-state index is -0.903. The quantitative estimate of drug-likeness (QED) is 0.569. The van der Waals surface area contributed by atoms with Gasteiger partial charge in [0.05, 0.1) is 29.1 Å². The Labute approximate surface area is 169 Å². The predicted molar refractivity (Wildman–Crippen MR) is 106 cm³/mol. The van der Waals surface area contributed by atoms with Crippen molar-refractivity contribution in [1.29, 1.82) is 0 Å². The van der Waals surface area contributed by atoms with Crippen LogP contribution in [0, 0.1) is 0 Å². The van der Waals surface area contributed by atoms with Gasteiger partial charge in [0.25, 0.3) is 17.0 Å². The molecule has 154 valence electrons. The Balaban J connectivity index is 1.65. The molecule has 0 atom stereocenters. The van der Waals surface area contributed by atoms with E-state index in [0.29, 0.717) is 0 Å². The molecule has 0 aliphatic heterocycles. The number of ether oxygens (including phenoxy) is 2. The van der Waals surface area contributed by atoms with Gasteiger partial charge in [-0.2, -0.15) is 0 Å². The van der Waals surface area contributed by atoms with Crippen LogP contribution in [0.15, 0.2) is 58.1 Å². The van der Waals surface area contributed by atoms with Crippen LogP contribution >= 0.6 is 0 Å². The zero-order valence-corrected chi connectivity index (χ0v) is 15.8. The van der Waals surface area contributed by atoms with Crippen molar-refractivity contribution in [3.63, 3.8) is 0 Å². The number of nitrogens with one attached hydrogen (secondary N) is 2. The van der Waals surface area contributed by atoms with Crippen molar-refractivity contribution in [2.45, 2.75) is 6.54 Å². The molecule has 0 bridgehead atoms. The van der Waals surface area contributed by atoms with Gasteiger partial charge in [-0.25, -0.2) is 9.48 Å². The minimum absolute atomic E-state index is 0.139. The first-order valence-electron chi connectivity index (χ1n) is 8.75. The second-order valence-electron chi connectivity index (χ2n) is 6.12. The fourth-order valence-corrected chi connectivity index (χ4v) is 2.75. The number of methoxy groups -OCH3 is 1. The number of rotatable bonds is 6. The van der Waals surface area contributed by atoms with E-state index in [9.17, 15) is 24.0 Å². The SMILES string of the molecule is COC(=O)c1ccccc1NC(=O)COC(=O)Cn1[nH]c(=O)c2ccccc2c1=O. The number of hydrogen-bond donors (Lipinski definition) is 2. The number of carbonyl (C=O) groups is 3. The van der Waals surface area contributed by atoms with Crippen molar-refractivity contribution in [3.05, 3.63) is 74.8 Å². The Morgan fingerprint density at radius 2 is 1.67 bits per heavy atom. The van der Waals surface area contributed by atoms with Gasteiger partial charge in [0.15, 0.2) is 6.61 Å². The summed E-state index contributed by atoms with van der Waals surface area (Å²) in [6.45, 7) is -1.23. The standard InChI is InChI=1S/C20H17N3O7/c1-29-20(28)14-8-4-5-9-15(14)21-16(24)11-30-17(25)10-23-19(27)13-7-3-2-6-12(13)18(26)22-23/h2-9H,10-11H2,1H3,(H,21,24)(H,22,26). The molecule has 0 radical (unpaired) electrons. The molecule has 0 fully saturated rings. The van der Waals surface area contributed by atoms with Crippen LogP contribution in [0.2, 0.25) is 0 Å². The maximum atomic E-state index is 12.4. The number of aromatic amines is 1. The highest BCUT2D eigenvalue weighted by atomic mass is 16.5. The largest absolute Gasteiger partial charge is 0.465 e. The average molecular weight is 411 g/mol. The summed E-state index contributed by atoms with van der Waals surface area (Å²) in [6, 6.07) is 12.4. The average Bonchev–Trinajstić information content (AvgIpc) is 2.76. The molecule has 0 aliphatic rings. The van der Waals surface area contributed by atoms with Gasteiger partial charge < -0.3 is 14.8 Å². The van der Waals surface area contributed by atoms with Gasteiger partial charge >= 0.3 is 11.9 Å². The summed E-state index contributed by atoms with van der Waals surface area (Å²) in [5.74, 6) is -2.24. The predicted octanol–water partition coefficient (Wildman–Crippen LogP) is 0.658. The van der Waals surface area contributed by atoms with Gasteiger partial charge in [-0.05, 0) is 24.3 Å². The number of benzene rings is 2. The fraction of sp³-hybridized carbons (Fsp3) is 0.150. The Kier molecular flexibility index (Phi) is 6.06. The molecule has 10 nitrogen and oxygen atoms in total. The van der Waals surface area contributed by atoms with Gasteiger partial charge in [0, 0.05) is 0 Å². The molecule has 2 N–H and O–H groups in total. The molecule has 0 saturated carbocycles. The zero-order chi connectivity index (χ0) is 21.7. The summed E-state index contributed by atoms with van der Waals surface area (Å²) in [7, 11) is 1.21. The number of carbonyl (C=O) groups excluding carboxylic acids is 3. The third-order valence-corrected chi connectivity index (χ3v) is 4.14. The second kappa shape index (κ2) is 8.86. The number of esters is 2. The molecule has 2 aromatic carbocycles. The molecule has 0 unspecified atom stereocenters. The lowest BCUT2D eigenvalue weighted by Crippen LogP contribution is -2.33. The van der Waals surface area contributed by atoms with E-state index < -0.39 is 42.1 Å². The second-order valence-corrected chi connectivity index (χ2v) is 6.12. The first-order chi connectivity index (χ1) is 14.4. The molecule has 0 aliphatic carbocycles. The Morgan fingerprint density at radius 3 is 2.40 bits per heavy atom. The lowest BCUT2D eigenvalue weighted by molar-refractivity contribution is -0.148. The molecule has 1 aromatic heterocycles. The Bertz CT molecular complexity index is 1240. The molecule has 0 spiro atoms. The number of nitrogens with zero attached hydrogens (tertiary/aromatic N) is 1. The van der Waals surface area contributed by atoms with Crippen molar-refractivity contribution in [1.82, 2.24) is 9.78 Å². The van der Waals surface area contributed by atoms with E-state index in [4.69, 9.17) is 4.74 Å². The summed E-state index contributed by atoms with van der Waals surface area (Å²) < 4.78 is 10.3. The van der Waals surface area contributed by atoms with Gasteiger partial charge in [0.2, 0.25) is 0 Å². The number of hydrogen-bond acceptors (Lipinski definition) is 7. The summed E-state index contributed by atoms with van der Waals surface area (Å²) in [6.07, 6.45) is 0. The summed E-state index contributed by atoms with van der Waals surface area (Å²) in [5.41, 5.74) is -0.769. The normalized spacial score (nSPS) is 10.4. The summed E-state index contributed by atoms with van der Waals surface area (Å²) in [5, 5.41) is 5.11. The first kappa shape index (κ1) is 20.5. The van der Waals surface area contributed by atoms with Crippen LogP contribution in [-0.2, 0) is 25.6 Å². The van der Waals surface area contributed by atoms with E-state index in [1.807, 2.05) is 0 Å². The van der Waals surface area contributed by atoms with Crippen LogP contribution in [0.25, 0.3) is 10.8 Å². The molecular formula is C20H17N3O7. The molecule has 3 rings (SSSR count). The number of fused-ring (bicyclic) bond motifs is 1. The van der Waals surface area contributed by atoms with Crippen LogP contribution in [0.4, 0.5) is 5.69 Å². The maximum Gasteiger partial charge on any atom is 0.339 e. The van der Waals surface area contributed by atoms with Crippen molar-refractivity contribution in [3.8, 4) is 0 Å². The highest BCUT2D eigenvalue weighted by Gasteiger charge is 2.15. The molecule has 0 saturated heterocycles. The third-order valence-electron chi connectivity index (χ3n) is 4.14. The van der Waals surface area contributed by atoms with Crippen molar-refractivity contribution in [2.75, 3.05) is 19.0 Å². The van der Waals surface area contributed by atoms with E-state index in [1.165, 1.54) is 31.4 Å². The van der Waals surface area contributed by atoms with Gasteiger partial charge in [-0.1, -0.05) is 24.3 Å². The lowest BCUT2D eigenvalue weighted by atomic mass is 10.2. The van der Waals surface area contributed by atoms with Crippen LogP contribution in [0.5, 0.6) is 0 Å². The Hall–Kier alpha value is -4.21. The Morgan fingerprint density at radius 1 is 1.00 bits per heavy atom. The number of H-pyrrole nitrogens is 1. The van der Waals surface area contributed by atoms with E-state index in [0.717, 1.165) is 4.68 Å². The van der Waals surface area contributed by atoms with Gasteiger partial charge in [-0.3, -0.25) is 24.3 Å². The van der Waals surface area contributed by atoms with E-state index >= 15 is 0 Å². The smallest absolute Gasteiger partial charge is 0.339 e. The van der Waals surface area contributed by atoms with Crippen molar-refractivity contribution < 1.29 is 23.9 Å². The van der Waals surface area contributed by atoms with E-state index in [1.54, 1.807) is 24.3 Å². The van der Waals surface area contributed by atoms with Crippen molar-refractivity contribution in [2.24, 2.45) is 0 Å². The topological polar surface area (TPSA) is 137 Å². The minimum Gasteiger partial charge on any atom is -0.465 e. The monoisotopic (exact) mass is 411 g/mol. The molecule has 1 heterocycles. The zero-order valence-electron chi connectivity index (χ0n) is 15.8. The van der Waals surface area contributed by atoms with Gasteiger partial charge in [0.1, 0.15) is 6.54 Å². The molecule has 10 heteroatoms. The van der Waals surface area contributed by atoms with E-state index in [-0.39, 0.29) is 22.0 Å². The molecule has 3 aromatic rings. The third kappa shape index (κ3) is 4.43. The number of para-hydroxylation sites is 1. The lowest BCUT2D eigenvalue weighted by Gasteiger charge is -2.10. The summed E-state index contributed by atoms with van der Waals surface area (Å²) >= 11 is 0. The van der Waals surface area contributed by atoms with Crippen LogP contribution in [0.1, 0.15) is 10.4 Å². The van der Waals surface area contributed by atoms with Crippen LogP contribution in [0.3, 0.4) is 0 Å². The highest BCUT2D eigenvalue weighted by molar-refractivity contribution is 6.01. The van der Waals surface area contributed by atoms with Crippen LogP contribution < -0.4 is 16.4 Å². The number of anilines is 1. The molecular weight excluding hydrogens is 394 g/mol. The highest BCUT2D eigenvalue weighted by Crippen LogP contribution is 2.15. The van der Waals surface area contributed by atoms with Crippen LogP contribution in [-0.4, -0.2) is 41.3 Å².